The molecule has 15 heavy (non-hydrogen) atoms. The van der Waals surface area contributed by atoms with E-state index < -0.39 is 0 Å². The van der Waals surface area contributed by atoms with Gasteiger partial charge in [-0.15, -0.1) is 11.6 Å². The molecule has 0 spiro atoms. The first kappa shape index (κ1) is 10.9. The highest BCUT2D eigenvalue weighted by Crippen LogP contribution is 2.36. The molecular weight excluding hydrogens is 215 g/mol. The number of aryl methyl sites for hydroxylation is 1. The van der Waals surface area contributed by atoms with Gasteiger partial charge in [-0.3, -0.25) is 0 Å². The molecule has 82 valence electrons. The molecule has 1 saturated heterocycles. The van der Waals surface area contributed by atoms with Crippen molar-refractivity contribution in [3.63, 3.8) is 0 Å². The maximum Gasteiger partial charge on any atom is 0.123 e. The monoisotopic (exact) mass is 228 g/mol. The molecule has 0 bridgehead atoms. The zero-order chi connectivity index (χ0) is 10.8. The molecule has 1 aromatic rings. The van der Waals surface area contributed by atoms with Crippen molar-refractivity contribution in [1.82, 2.24) is 0 Å². The summed E-state index contributed by atoms with van der Waals surface area (Å²) in [4.78, 5) is 0. The molecule has 1 aromatic carbocycles. The molecule has 1 aliphatic heterocycles. The number of hydrogen-bond acceptors (Lipinski definition) is 1. The molecule has 1 nitrogen and oxygen atoms in total. The van der Waals surface area contributed by atoms with Gasteiger partial charge in [0, 0.05) is 18.4 Å². The molecule has 0 amide bonds. The Morgan fingerprint density at radius 3 is 3.00 bits per heavy atom. The van der Waals surface area contributed by atoms with Crippen molar-refractivity contribution in [2.75, 3.05) is 12.5 Å². The van der Waals surface area contributed by atoms with Gasteiger partial charge < -0.3 is 4.74 Å². The molecule has 2 unspecified atom stereocenters. The fourth-order valence-electron chi connectivity index (χ4n) is 2.09. The Kier molecular flexibility index (Phi) is 3.27. The van der Waals surface area contributed by atoms with Crippen LogP contribution in [-0.2, 0) is 4.74 Å². The van der Waals surface area contributed by atoms with Crippen LogP contribution in [0.4, 0.5) is 4.39 Å². The van der Waals surface area contributed by atoms with Gasteiger partial charge in [-0.2, -0.15) is 0 Å². The third-order valence-electron chi connectivity index (χ3n) is 2.95. The van der Waals surface area contributed by atoms with Gasteiger partial charge in [0.1, 0.15) is 5.82 Å². The molecular formula is C12H14ClFO. The van der Waals surface area contributed by atoms with Crippen molar-refractivity contribution in [3.8, 4) is 0 Å². The zero-order valence-corrected chi connectivity index (χ0v) is 9.43. The van der Waals surface area contributed by atoms with Crippen LogP contribution >= 0.6 is 11.6 Å². The van der Waals surface area contributed by atoms with Crippen molar-refractivity contribution >= 4 is 11.6 Å². The van der Waals surface area contributed by atoms with Crippen LogP contribution in [0.5, 0.6) is 0 Å². The highest BCUT2D eigenvalue weighted by molar-refractivity contribution is 6.18. The summed E-state index contributed by atoms with van der Waals surface area (Å²) in [7, 11) is 0. The van der Waals surface area contributed by atoms with Gasteiger partial charge in [-0.25, -0.2) is 4.39 Å². The number of ether oxygens (including phenoxy) is 1. The van der Waals surface area contributed by atoms with Crippen LogP contribution in [0.1, 0.15) is 23.7 Å². The third kappa shape index (κ3) is 2.16. The van der Waals surface area contributed by atoms with Crippen LogP contribution in [0.2, 0.25) is 0 Å². The number of hydrogen-bond donors (Lipinski definition) is 0. The minimum Gasteiger partial charge on any atom is -0.373 e. The van der Waals surface area contributed by atoms with Gasteiger partial charge in [0.2, 0.25) is 0 Å². The first-order chi connectivity index (χ1) is 7.22. The van der Waals surface area contributed by atoms with Crippen LogP contribution < -0.4 is 0 Å². The summed E-state index contributed by atoms with van der Waals surface area (Å²) in [6.45, 7) is 2.66. The lowest BCUT2D eigenvalue weighted by Crippen LogP contribution is -2.10. The number of alkyl halides is 1. The highest BCUT2D eigenvalue weighted by Gasteiger charge is 2.29. The van der Waals surface area contributed by atoms with Crippen LogP contribution in [0.15, 0.2) is 18.2 Å². The van der Waals surface area contributed by atoms with Gasteiger partial charge in [0.15, 0.2) is 0 Å². The van der Waals surface area contributed by atoms with Crippen LogP contribution in [0.25, 0.3) is 0 Å². The van der Waals surface area contributed by atoms with Crippen molar-refractivity contribution < 1.29 is 9.13 Å². The second-order valence-electron chi connectivity index (χ2n) is 4.00. The molecule has 0 aliphatic carbocycles. The van der Waals surface area contributed by atoms with Gasteiger partial charge in [0.25, 0.3) is 0 Å². The number of halogens is 2. The van der Waals surface area contributed by atoms with Crippen LogP contribution in [0.3, 0.4) is 0 Å². The van der Waals surface area contributed by atoms with E-state index in [0.29, 0.717) is 11.8 Å². The number of benzene rings is 1. The summed E-state index contributed by atoms with van der Waals surface area (Å²) < 4.78 is 18.6. The van der Waals surface area contributed by atoms with E-state index in [1.165, 1.54) is 6.07 Å². The summed E-state index contributed by atoms with van der Waals surface area (Å²) in [6, 6.07) is 4.83. The van der Waals surface area contributed by atoms with Crippen molar-refractivity contribution in [1.29, 1.82) is 0 Å². The van der Waals surface area contributed by atoms with Gasteiger partial charge in [-0.1, -0.05) is 6.07 Å². The SMILES string of the molecule is Cc1cc(F)ccc1C1OCCC1CCl. The molecule has 0 radical (unpaired) electrons. The Morgan fingerprint density at radius 1 is 1.53 bits per heavy atom. The normalized spacial score (nSPS) is 25.8. The smallest absolute Gasteiger partial charge is 0.123 e. The topological polar surface area (TPSA) is 9.23 Å². The lowest BCUT2D eigenvalue weighted by atomic mass is 9.94. The molecule has 2 rings (SSSR count). The number of rotatable bonds is 2. The Balaban J connectivity index is 2.28. The van der Waals surface area contributed by atoms with E-state index in [4.69, 9.17) is 16.3 Å². The molecule has 1 fully saturated rings. The average Bonchev–Trinajstić information content (AvgIpc) is 2.65. The molecule has 0 N–H and O–H groups in total. The maximum atomic E-state index is 12.9. The van der Waals surface area contributed by atoms with E-state index >= 15 is 0 Å². The Hall–Kier alpha value is -0.600. The van der Waals surface area contributed by atoms with E-state index in [0.717, 1.165) is 24.2 Å². The zero-order valence-electron chi connectivity index (χ0n) is 8.67. The summed E-state index contributed by atoms with van der Waals surface area (Å²) >= 11 is 5.88. The Morgan fingerprint density at radius 2 is 2.33 bits per heavy atom. The predicted molar refractivity (Wildman–Crippen MR) is 58.7 cm³/mol. The van der Waals surface area contributed by atoms with Crippen LogP contribution in [0, 0.1) is 18.7 Å². The summed E-state index contributed by atoms with van der Waals surface area (Å²) in [6.07, 6.45) is 1.04. The Bertz CT molecular complexity index is 353. The van der Waals surface area contributed by atoms with Gasteiger partial charge >= 0.3 is 0 Å². The van der Waals surface area contributed by atoms with Crippen LogP contribution in [-0.4, -0.2) is 12.5 Å². The molecule has 0 saturated carbocycles. The van der Waals surface area contributed by atoms with E-state index in [1.807, 2.05) is 6.92 Å². The molecule has 1 heterocycles. The molecule has 2 atom stereocenters. The first-order valence-electron chi connectivity index (χ1n) is 5.16. The quantitative estimate of drug-likeness (QED) is 0.705. The molecule has 3 heteroatoms. The van der Waals surface area contributed by atoms with Gasteiger partial charge in [0.05, 0.1) is 6.10 Å². The first-order valence-corrected chi connectivity index (χ1v) is 5.69. The summed E-state index contributed by atoms with van der Waals surface area (Å²) in [5.74, 6) is 0.758. The summed E-state index contributed by atoms with van der Waals surface area (Å²) in [5.41, 5.74) is 2.01. The maximum absolute atomic E-state index is 12.9. The summed E-state index contributed by atoms with van der Waals surface area (Å²) in [5, 5.41) is 0. The second kappa shape index (κ2) is 4.50. The average molecular weight is 229 g/mol. The second-order valence-corrected chi connectivity index (χ2v) is 4.30. The van der Waals surface area contributed by atoms with E-state index in [2.05, 4.69) is 0 Å². The van der Waals surface area contributed by atoms with Crippen molar-refractivity contribution in [2.24, 2.45) is 5.92 Å². The Labute approximate surface area is 94.2 Å². The molecule has 1 aliphatic rings. The van der Waals surface area contributed by atoms with Crippen molar-refractivity contribution in [2.45, 2.75) is 19.4 Å². The third-order valence-corrected chi connectivity index (χ3v) is 3.35. The minimum absolute atomic E-state index is 0.0445. The standard InChI is InChI=1S/C12H14ClFO/c1-8-6-10(14)2-3-11(8)12-9(7-13)4-5-15-12/h2-3,6,9,12H,4-5,7H2,1H3. The van der Waals surface area contributed by atoms with E-state index in [1.54, 1.807) is 12.1 Å². The predicted octanol–water partition coefficient (Wildman–Crippen LogP) is 3.45. The molecule has 0 aromatic heterocycles. The largest absolute Gasteiger partial charge is 0.373 e. The van der Waals surface area contributed by atoms with E-state index in [-0.39, 0.29) is 11.9 Å². The highest BCUT2D eigenvalue weighted by atomic mass is 35.5. The van der Waals surface area contributed by atoms with Crippen molar-refractivity contribution in [3.05, 3.63) is 35.1 Å². The fourth-order valence-corrected chi connectivity index (χ4v) is 2.41. The fraction of sp³-hybridized carbons (Fsp3) is 0.500. The lowest BCUT2D eigenvalue weighted by Gasteiger charge is -2.18. The minimum atomic E-state index is -0.198. The van der Waals surface area contributed by atoms with E-state index in [9.17, 15) is 4.39 Å². The lowest BCUT2D eigenvalue weighted by molar-refractivity contribution is 0.0946. The van der Waals surface area contributed by atoms with Gasteiger partial charge in [-0.05, 0) is 36.6 Å².